The first-order valence-corrected chi connectivity index (χ1v) is 27.4. The van der Waals surface area contributed by atoms with Gasteiger partial charge < -0.3 is 45.1 Å². The summed E-state index contributed by atoms with van der Waals surface area (Å²) in [4.78, 5) is 56.9. The quantitative estimate of drug-likeness (QED) is 0.0254. The van der Waals surface area contributed by atoms with Gasteiger partial charge in [-0.3, -0.25) is 23.9 Å². The molecule has 0 radical (unpaired) electrons. The van der Waals surface area contributed by atoms with Crippen molar-refractivity contribution in [3.8, 4) is 16.1 Å². The maximum atomic E-state index is 15.1. The number of aliphatic imine (C=N–C) groups is 1. The van der Waals surface area contributed by atoms with Crippen molar-refractivity contribution in [2.45, 2.75) is 60.4 Å². The number of nitrogens with one attached hydrogen (secondary N) is 3. The predicted molar refractivity (Wildman–Crippen MR) is 310 cm³/mol. The van der Waals surface area contributed by atoms with Gasteiger partial charge in [0.1, 0.15) is 35.3 Å². The number of aldehydes is 1. The number of aryl methyl sites for hydroxylation is 3. The molecule has 7 aromatic rings. The number of aromatic amines is 1. The first-order chi connectivity index (χ1) is 38.7. The molecule has 426 valence electrons. The number of H-pyrrole nitrogens is 1. The molecule has 5 N–H and O–H groups in total. The molecule has 0 saturated heterocycles. The van der Waals surface area contributed by atoms with Gasteiger partial charge in [-0.05, 0) is 101 Å². The molecule has 0 atom stereocenters. The smallest absolute Gasteiger partial charge is 0.253 e. The summed E-state index contributed by atoms with van der Waals surface area (Å²) in [7, 11) is 1.50. The summed E-state index contributed by atoms with van der Waals surface area (Å²) in [5, 5.41) is 16.4. The number of ether oxygens (including phenoxy) is 4. The van der Waals surface area contributed by atoms with Gasteiger partial charge in [0.05, 0.1) is 63.2 Å². The third-order valence-electron chi connectivity index (χ3n) is 12.1. The summed E-state index contributed by atoms with van der Waals surface area (Å²) >= 11 is 13.3. The number of ketones is 1. The number of amides is 2. The zero-order valence-electron chi connectivity index (χ0n) is 45.8. The van der Waals surface area contributed by atoms with Gasteiger partial charge >= 0.3 is 0 Å². The van der Waals surface area contributed by atoms with Gasteiger partial charge in [-0.2, -0.15) is 0 Å². The van der Waals surface area contributed by atoms with Crippen LogP contribution < -0.4 is 16.4 Å². The zero-order valence-corrected chi connectivity index (χ0v) is 48.1. The maximum absolute atomic E-state index is 15.1. The van der Waals surface area contributed by atoms with Gasteiger partial charge in [0.2, 0.25) is 11.7 Å². The highest BCUT2D eigenvalue weighted by atomic mass is 35.5. The van der Waals surface area contributed by atoms with Gasteiger partial charge in [-0.15, -0.1) is 21.5 Å². The Morgan fingerprint density at radius 1 is 0.725 bits per heavy atom. The lowest BCUT2D eigenvalue weighted by molar-refractivity contribution is -0.119. The molecule has 1 aliphatic rings. The Bertz CT molecular complexity index is 3130. The van der Waals surface area contributed by atoms with Crippen LogP contribution >= 0.6 is 34.5 Å². The van der Waals surface area contributed by atoms with E-state index in [1.54, 1.807) is 23.5 Å². The van der Waals surface area contributed by atoms with E-state index in [0.717, 1.165) is 62.1 Å². The summed E-state index contributed by atoms with van der Waals surface area (Å²) in [5.74, 6) is -0.888. The van der Waals surface area contributed by atoms with Gasteiger partial charge in [-0.1, -0.05) is 77.8 Å². The molecular formula is C59H68Cl2F2N8O8S. The molecule has 0 fully saturated rings. The fourth-order valence-electron chi connectivity index (χ4n) is 8.05. The van der Waals surface area contributed by atoms with Crippen molar-refractivity contribution in [3.05, 3.63) is 180 Å². The summed E-state index contributed by atoms with van der Waals surface area (Å²) in [6.07, 6.45) is 3.47. The number of carbonyl (C=O) groups excluding carboxylic acids is 4. The minimum atomic E-state index is -0.780. The number of carbonyl (C=O) groups is 4. The average molecular weight is 1160 g/mol. The Hall–Kier alpha value is -6.81. The zero-order chi connectivity index (χ0) is 58.0. The van der Waals surface area contributed by atoms with Crippen molar-refractivity contribution in [1.29, 1.82) is 0 Å². The van der Waals surface area contributed by atoms with Gasteiger partial charge in [0.25, 0.3) is 5.91 Å². The van der Waals surface area contributed by atoms with Crippen LogP contribution in [-0.2, 0) is 41.5 Å². The molecule has 21 heteroatoms. The lowest BCUT2D eigenvalue weighted by atomic mass is 9.92. The Labute approximate surface area is 479 Å². The van der Waals surface area contributed by atoms with E-state index in [4.69, 9.17) is 47.1 Å². The topological polar surface area (TPSA) is 214 Å². The largest absolute Gasteiger partial charge is 0.379 e. The Morgan fingerprint density at radius 2 is 1.34 bits per heavy atom. The first kappa shape index (κ1) is 64.0. The lowest BCUT2D eigenvalue weighted by Crippen LogP contribution is -2.25. The molecule has 0 spiro atoms. The number of hydrogen-bond acceptors (Lipinski definition) is 13. The van der Waals surface area contributed by atoms with Crippen molar-refractivity contribution in [2.24, 2.45) is 10.7 Å². The molecular weight excluding hydrogens is 1090 g/mol. The van der Waals surface area contributed by atoms with Crippen LogP contribution in [-0.4, -0.2) is 122 Å². The molecule has 0 bridgehead atoms. The summed E-state index contributed by atoms with van der Waals surface area (Å²) in [6, 6.07) is 26.2. The summed E-state index contributed by atoms with van der Waals surface area (Å²) < 4.78 is 53.6. The van der Waals surface area contributed by atoms with Crippen molar-refractivity contribution in [2.75, 3.05) is 73.0 Å². The number of nitrogens with zero attached hydrogens (tertiary/aromatic N) is 4. The van der Waals surface area contributed by atoms with Crippen LogP contribution in [0.3, 0.4) is 0 Å². The Balaban J connectivity index is 0.000000298. The number of aromatic nitrogens is 4. The fourth-order valence-corrected chi connectivity index (χ4v) is 9.55. The van der Waals surface area contributed by atoms with E-state index in [2.05, 4.69) is 50.0 Å². The summed E-state index contributed by atoms with van der Waals surface area (Å²) in [5.41, 5.74) is 9.94. The average Bonchev–Trinajstić information content (AvgIpc) is 4.22. The number of benzene rings is 4. The van der Waals surface area contributed by atoms with Crippen LogP contribution in [0.1, 0.15) is 90.5 Å². The normalized spacial score (nSPS) is 11.3. The van der Waals surface area contributed by atoms with Crippen LogP contribution in [0.2, 0.25) is 10.0 Å². The van der Waals surface area contributed by atoms with Crippen LogP contribution in [0.5, 0.6) is 0 Å². The second-order valence-corrected chi connectivity index (χ2v) is 19.8. The Morgan fingerprint density at radius 3 is 1.95 bits per heavy atom. The predicted octanol–water partition coefficient (Wildman–Crippen LogP) is 10.1. The molecule has 16 nitrogen and oxygen atoms in total. The van der Waals surface area contributed by atoms with E-state index in [-0.39, 0.29) is 46.8 Å². The van der Waals surface area contributed by atoms with E-state index < -0.39 is 23.3 Å². The molecule has 2 amide bonds. The van der Waals surface area contributed by atoms with E-state index in [0.29, 0.717) is 84.2 Å². The third-order valence-corrected chi connectivity index (χ3v) is 13.8. The molecule has 1 aliphatic heterocycles. The molecule has 80 heavy (non-hydrogen) atoms. The first-order valence-electron chi connectivity index (χ1n) is 25.9. The minimum absolute atomic E-state index is 0.0369. The monoisotopic (exact) mass is 1160 g/mol. The molecule has 4 aromatic carbocycles. The molecule has 3 aromatic heterocycles. The highest BCUT2D eigenvalue weighted by Crippen LogP contribution is 2.37. The van der Waals surface area contributed by atoms with Gasteiger partial charge in [0, 0.05) is 82.0 Å². The Kier molecular flexibility index (Phi) is 27.0. The minimum Gasteiger partial charge on any atom is -0.379 e. The number of fused-ring (bicyclic) bond motifs is 3. The van der Waals surface area contributed by atoms with Crippen LogP contribution in [0.4, 0.5) is 8.78 Å². The van der Waals surface area contributed by atoms with Gasteiger partial charge in [-0.25, -0.2) is 8.78 Å². The maximum Gasteiger partial charge on any atom is 0.253 e. The molecule has 0 saturated carbocycles. The summed E-state index contributed by atoms with van der Waals surface area (Å²) in [6.45, 7) is 13.8. The molecule has 0 unspecified atom stereocenters. The van der Waals surface area contributed by atoms with E-state index >= 15 is 4.39 Å². The van der Waals surface area contributed by atoms with Crippen LogP contribution in [0.25, 0.3) is 16.1 Å². The highest BCUT2D eigenvalue weighted by molar-refractivity contribution is 7.15. The number of hydrogen-bond donors (Lipinski definition) is 4. The molecule has 8 rings (SSSR count). The SMILES string of the molecule is CC(=O)NCCOCCOCCOCCOCCCc1ccc(C(=O)c2[nH]cc(C(=O)NCCC=O)c2-c2c(F)ccc(F)c2C)cc1.CN.Cc1sc2c(c1C)C(c1ccc(Cl)cc1)=NCc1nnc(C)n1-2.Clc1ccccc1. The molecule has 4 heterocycles. The number of rotatable bonds is 24. The van der Waals surface area contributed by atoms with E-state index in [1.807, 2.05) is 73.7 Å². The van der Waals surface area contributed by atoms with Crippen molar-refractivity contribution in [1.82, 2.24) is 30.4 Å². The van der Waals surface area contributed by atoms with Crippen molar-refractivity contribution >= 4 is 64.1 Å². The highest BCUT2D eigenvalue weighted by Gasteiger charge is 2.29. The number of thiophene rings is 1. The third kappa shape index (κ3) is 18.6. The molecule has 0 aliphatic carbocycles. The van der Waals surface area contributed by atoms with Crippen molar-refractivity contribution < 1.29 is 46.9 Å². The fraction of sp³-hybridized carbons (Fsp3) is 0.339. The second kappa shape index (κ2) is 33.7. The van der Waals surface area contributed by atoms with Crippen LogP contribution in [0, 0.1) is 39.3 Å². The lowest BCUT2D eigenvalue weighted by Gasteiger charge is -2.13. The van der Waals surface area contributed by atoms with Crippen molar-refractivity contribution in [3.63, 3.8) is 0 Å². The van der Waals surface area contributed by atoms with E-state index in [1.165, 1.54) is 43.1 Å². The number of halogens is 4. The standard InChI is InChI=1S/C35H43F2N3O8.C17H15ClN4S.C6H5Cl.CH5N/c1-24-29(36)10-11-30(37)31(24)32-28(35(44)39-12-4-14-41)23-40-33(32)34(43)27-8-6-26(7-9-27)5-3-15-45-17-19-47-21-22-48-20-18-46-16-13-38-25(2)42;1-9-10(2)23-17-15(9)16(12-4-6-13(18)7-5-12)19-8-14-21-20-11(3)22(14)17;7-6-4-2-1-3-5-6;1-2/h6-11,14,23,40H,3-5,12-13,15-22H2,1-2H3,(H,38,42)(H,39,44);4-7H,8H2,1-3H3;1-5H;2H2,1H3. The van der Waals surface area contributed by atoms with Gasteiger partial charge in [0.15, 0.2) is 5.82 Å². The van der Waals surface area contributed by atoms with Crippen LogP contribution in [0.15, 0.2) is 102 Å². The second-order valence-electron chi connectivity index (χ2n) is 17.7. The van der Waals surface area contributed by atoms with E-state index in [9.17, 15) is 23.6 Å². The number of nitrogens with two attached hydrogens (primary N) is 1.